The summed E-state index contributed by atoms with van der Waals surface area (Å²) in [6.45, 7) is 18.0. The Morgan fingerprint density at radius 3 is 0.269 bits per heavy atom. The molecule has 0 saturated carbocycles. The third kappa shape index (κ3) is 89.5. The number of rotatable bonds is 92. The summed E-state index contributed by atoms with van der Waals surface area (Å²) in [5, 5.41) is 39.4. The third-order valence-corrected chi connectivity index (χ3v) is 24.2. The lowest BCUT2D eigenvalue weighted by molar-refractivity contribution is -0.929. The smallest absolute Gasteiger partial charge is 0.102 e. The van der Waals surface area contributed by atoms with E-state index in [1.54, 1.807) is 0 Å². The van der Waals surface area contributed by atoms with Crippen LogP contribution in [-0.2, 0) is 0 Å². The van der Waals surface area contributed by atoms with Gasteiger partial charge < -0.3 is 54.2 Å². The van der Waals surface area contributed by atoms with Crippen LogP contribution >= 0.6 is 0 Å². The van der Waals surface area contributed by atoms with Gasteiger partial charge in [-0.05, 0) is 51.4 Å². The summed E-state index contributed by atoms with van der Waals surface area (Å²) in [7, 11) is 0. The summed E-state index contributed by atoms with van der Waals surface area (Å²) >= 11 is 0. The number of hydrogen-bond acceptors (Lipinski definition) is 4. The zero-order valence-electron chi connectivity index (χ0n) is 72.5. The number of unbranched alkanes of at least 4 members (excludes halogenated alkanes) is 76. The highest BCUT2D eigenvalue weighted by Gasteiger charge is 2.27. The highest BCUT2D eigenvalue weighted by molar-refractivity contribution is 4.59. The van der Waals surface area contributed by atoms with Crippen molar-refractivity contribution >= 4 is 0 Å². The van der Waals surface area contributed by atoms with E-state index in [9.17, 15) is 20.4 Å². The average Bonchev–Trinajstić information content (AvgIpc) is 0.887. The second kappa shape index (κ2) is 99.4. The molecule has 0 spiro atoms. The van der Waals surface area contributed by atoms with Gasteiger partial charge in [-0.3, -0.25) is 0 Å². The van der Waals surface area contributed by atoms with Crippen LogP contribution in [0.2, 0.25) is 0 Å². The summed E-state index contributed by atoms with van der Waals surface area (Å²) in [4.78, 5) is 0. The predicted molar refractivity (Wildman–Crippen MR) is 460 cm³/mol. The van der Waals surface area contributed by atoms with E-state index >= 15 is 0 Å². The zero-order chi connectivity index (χ0) is 74.1. The van der Waals surface area contributed by atoms with Crippen LogP contribution in [-0.4, -0.2) is 108 Å². The van der Waals surface area contributed by atoms with Crippen LogP contribution in [0.3, 0.4) is 0 Å². The normalized spacial score (nSPS) is 11.8. The van der Waals surface area contributed by atoms with Crippen molar-refractivity contribution in [3.8, 4) is 0 Å². The Bertz CT molecular complexity index is 1230. The van der Waals surface area contributed by atoms with Gasteiger partial charge in [0.2, 0.25) is 0 Å². The maximum absolute atomic E-state index is 9.86. The first-order chi connectivity index (χ1) is 50.5. The molecule has 0 unspecified atom stereocenters. The van der Waals surface area contributed by atoms with Crippen LogP contribution in [0, 0.1) is 0 Å². The lowest BCUT2D eigenvalue weighted by atomic mass is 10.0. The monoisotopic (exact) mass is 1520 g/mol. The molecule has 0 aliphatic carbocycles. The molecule has 0 fully saturated rings. The Kier molecular flexibility index (Phi) is 106. The molecule has 4 N–H and O–H groups in total. The summed E-state index contributed by atoms with van der Waals surface area (Å²) < 4.78 is 1.87. The first-order valence-electron chi connectivity index (χ1n) is 48.6. The fourth-order valence-electron chi connectivity index (χ4n) is 17.0. The molecule has 0 aliphatic rings. The van der Waals surface area contributed by atoms with Crippen LogP contribution < -0.4 is 24.8 Å². The van der Waals surface area contributed by atoms with Gasteiger partial charge in [-0.1, -0.05) is 490 Å². The van der Waals surface area contributed by atoms with Crippen LogP contribution in [0.4, 0.5) is 0 Å². The number of quaternary nitrogens is 2. The molecule has 0 atom stereocenters. The summed E-state index contributed by atoms with van der Waals surface area (Å²) in [6.07, 6.45) is 114. The highest BCUT2D eigenvalue weighted by Crippen LogP contribution is 2.23. The SMILES string of the molecule is CCCCCCCCCCCCCCCCCCCCCC[N+](CCO)(CCO)CCCCCCCCCCCCCCCCCCCCCC.CCCCCCCCCCCCCCCCCCCCCC[N+](CCO)(CCO)CCCCCCCCCCCCCCCCCCCCCC.[Cl-].[Cl-]. The van der Waals surface area contributed by atoms with Crippen LogP contribution in [0.25, 0.3) is 0 Å². The lowest BCUT2D eigenvalue weighted by Gasteiger charge is -2.38. The number of hydrogen-bond donors (Lipinski definition) is 4. The van der Waals surface area contributed by atoms with E-state index in [2.05, 4.69) is 27.7 Å². The number of aliphatic hydroxyl groups excluding tert-OH is 4. The fraction of sp³-hybridized carbons (Fsp3) is 1.00. The largest absolute Gasteiger partial charge is 1.00 e. The van der Waals surface area contributed by atoms with Crippen molar-refractivity contribution in [1.29, 1.82) is 0 Å². The molecule has 0 saturated heterocycles. The van der Waals surface area contributed by atoms with E-state index < -0.39 is 0 Å². The predicted octanol–water partition coefficient (Wildman–Crippen LogP) is 24.9. The van der Waals surface area contributed by atoms with Crippen molar-refractivity contribution in [3.05, 3.63) is 0 Å². The zero-order valence-corrected chi connectivity index (χ0v) is 74.0. The Morgan fingerprint density at radius 2 is 0.192 bits per heavy atom. The van der Waals surface area contributed by atoms with Crippen LogP contribution in [0.5, 0.6) is 0 Å². The minimum Gasteiger partial charge on any atom is -1.00 e. The van der Waals surface area contributed by atoms with Gasteiger partial charge in [-0.25, -0.2) is 0 Å². The van der Waals surface area contributed by atoms with Crippen LogP contribution in [0.15, 0.2) is 0 Å². The van der Waals surface area contributed by atoms with Crippen molar-refractivity contribution in [2.45, 2.75) is 541 Å². The van der Waals surface area contributed by atoms with Gasteiger partial charge in [0.15, 0.2) is 0 Å². The van der Waals surface area contributed by atoms with E-state index in [1.165, 1.54) is 514 Å². The molecule has 0 amide bonds. The van der Waals surface area contributed by atoms with Gasteiger partial charge in [0, 0.05) is 0 Å². The van der Waals surface area contributed by atoms with E-state index in [4.69, 9.17) is 0 Å². The topological polar surface area (TPSA) is 80.9 Å². The summed E-state index contributed by atoms with van der Waals surface area (Å²) in [6, 6.07) is 0. The molecule has 6 nitrogen and oxygen atoms in total. The maximum Gasteiger partial charge on any atom is 0.102 e. The molecule has 632 valence electrons. The lowest BCUT2D eigenvalue weighted by Crippen LogP contribution is -3.00. The molecule has 0 radical (unpaired) electrons. The van der Waals surface area contributed by atoms with E-state index in [0.717, 1.165) is 61.3 Å². The molecule has 0 aliphatic heterocycles. The first kappa shape index (κ1) is 111. The second-order valence-corrected chi connectivity index (χ2v) is 34.2. The molecule has 104 heavy (non-hydrogen) atoms. The summed E-state index contributed by atoms with van der Waals surface area (Å²) in [5.74, 6) is 0. The molecule has 0 aromatic rings. The Hall–Kier alpha value is 0.340. The molecule has 0 aromatic carbocycles. The average molecular weight is 1520 g/mol. The molecular formula is C96H200Cl2N2O4. The van der Waals surface area contributed by atoms with E-state index in [1.807, 2.05) is 0 Å². The standard InChI is InChI=1S/2C48H100NO2.2ClH/c2*1-3-5-7-9-11-13-15-17-19-21-23-25-27-29-31-33-35-37-39-41-43-49(45-47-50,46-48-51)44-42-40-38-36-34-32-30-28-26-24-22-20-18-16-14-12-10-8-6-4-2;;/h2*50-51H,3-48H2,1-2H3;2*1H/q2*+1;;/p-2. The fourth-order valence-corrected chi connectivity index (χ4v) is 17.0. The Balaban J connectivity index is -0.000000943. The summed E-state index contributed by atoms with van der Waals surface area (Å²) in [5.41, 5.74) is 0. The van der Waals surface area contributed by atoms with Gasteiger partial charge in [0.1, 0.15) is 26.2 Å². The number of halogens is 2. The van der Waals surface area contributed by atoms with Gasteiger partial charge in [-0.15, -0.1) is 0 Å². The number of aliphatic hydroxyl groups is 4. The second-order valence-electron chi connectivity index (χ2n) is 34.2. The molecule has 0 aromatic heterocycles. The maximum atomic E-state index is 9.86. The quantitative estimate of drug-likeness (QED) is 0.0361. The first-order valence-corrected chi connectivity index (χ1v) is 48.6. The minimum atomic E-state index is 0. The van der Waals surface area contributed by atoms with Crippen molar-refractivity contribution in [2.75, 3.05) is 78.8 Å². The van der Waals surface area contributed by atoms with Crippen molar-refractivity contribution in [3.63, 3.8) is 0 Å². The van der Waals surface area contributed by atoms with Gasteiger partial charge >= 0.3 is 0 Å². The molecular weight excluding hydrogens is 1320 g/mol. The molecule has 0 bridgehead atoms. The van der Waals surface area contributed by atoms with Gasteiger partial charge in [0.05, 0.1) is 52.6 Å². The van der Waals surface area contributed by atoms with E-state index in [0.29, 0.717) is 0 Å². The highest BCUT2D eigenvalue weighted by atomic mass is 35.5. The van der Waals surface area contributed by atoms with Crippen molar-refractivity contribution in [1.82, 2.24) is 0 Å². The molecule has 0 heterocycles. The third-order valence-electron chi connectivity index (χ3n) is 24.2. The van der Waals surface area contributed by atoms with Gasteiger partial charge in [-0.2, -0.15) is 0 Å². The van der Waals surface area contributed by atoms with E-state index in [-0.39, 0.29) is 51.2 Å². The van der Waals surface area contributed by atoms with Gasteiger partial charge in [0.25, 0.3) is 0 Å². The molecule has 0 rings (SSSR count). The Labute approximate surface area is 670 Å². The number of nitrogens with zero attached hydrogens (tertiary/aromatic N) is 2. The molecule has 8 heteroatoms. The Morgan fingerprint density at radius 1 is 0.115 bits per heavy atom. The van der Waals surface area contributed by atoms with Crippen LogP contribution in [0.1, 0.15) is 541 Å². The van der Waals surface area contributed by atoms with Crippen molar-refractivity contribution in [2.24, 2.45) is 0 Å². The minimum absolute atomic E-state index is 0. The van der Waals surface area contributed by atoms with Crippen molar-refractivity contribution < 1.29 is 54.2 Å².